The fourth-order valence-electron chi connectivity index (χ4n) is 2.76. The molecule has 126 valence electrons. The van der Waals surface area contributed by atoms with Gasteiger partial charge < -0.3 is 19.5 Å². The quantitative estimate of drug-likeness (QED) is 0.842. The predicted molar refractivity (Wildman–Crippen MR) is 89.0 cm³/mol. The van der Waals surface area contributed by atoms with Gasteiger partial charge in [-0.1, -0.05) is 18.2 Å². The summed E-state index contributed by atoms with van der Waals surface area (Å²) in [5, 5.41) is 3.45. The lowest BCUT2D eigenvalue weighted by atomic mass is 10.1. The summed E-state index contributed by atoms with van der Waals surface area (Å²) in [4.78, 5) is 39.7. The number of rotatable bonds is 2. The normalized spacial score (nSPS) is 14.7. The van der Waals surface area contributed by atoms with Gasteiger partial charge in [0.2, 0.25) is 0 Å². The SMILES string of the molecule is CCNC(=O)N1CCN(C(=O)c2cc3ccccc3oc2=O)CC1. The van der Waals surface area contributed by atoms with Crippen LogP contribution in [0.4, 0.5) is 4.79 Å². The summed E-state index contributed by atoms with van der Waals surface area (Å²) >= 11 is 0. The fraction of sp³-hybridized carbons (Fsp3) is 0.353. The Morgan fingerprint density at radius 3 is 2.50 bits per heavy atom. The number of carbonyl (C=O) groups is 2. The summed E-state index contributed by atoms with van der Waals surface area (Å²) in [6, 6.07) is 8.52. The van der Waals surface area contributed by atoms with Crippen LogP contribution in [0.5, 0.6) is 0 Å². The third-order valence-electron chi connectivity index (χ3n) is 4.05. The van der Waals surface area contributed by atoms with Gasteiger partial charge in [-0.2, -0.15) is 0 Å². The van der Waals surface area contributed by atoms with E-state index in [9.17, 15) is 14.4 Å². The van der Waals surface area contributed by atoms with Gasteiger partial charge in [-0.3, -0.25) is 4.79 Å². The molecule has 1 aliphatic heterocycles. The Kier molecular flexibility index (Phi) is 4.50. The Labute approximate surface area is 138 Å². The molecule has 3 amide bonds. The van der Waals surface area contributed by atoms with Gasteiger partial charge in [0.15, 0.2) is 0 Å². The molecule has 2 aromatic rings. The van der Waals surface area contributed by atoms with Crippen molar-refractivity contribution in [2.75, 3.05) is 32.7 Å². The first kappa shape index (κ1) is 16.0. The standard InChI is InChI=1S/C17H19N3O4/c1-2-18-17(23)20-9-7-19(8-10-20)15(21)13-11-12-5-3-4-6-14(12)24-16(13)22/h3-6,11H,2,7-10H2,1H3,(H,18,23). The van der Waals surface area contributed by atoms with Crippen LogP contribution in [0.2, 0.25) is 0 Å². The summed E-state index contributed by atoms with van der Waals surface area (Å²) < 4.78 is 5.22. The van der Waals surface area contributed by atoms with Crippen molar-refractivity contribution in [3.63, 3.8) is 0 Å². The molecule has 3 rings (SSSR count). The zero-order valence-corrected chi connectivity index (χ0v) is 13.4. The van der Waals surface area contributed by atoms with Crippen molar-refractivity contribution in [2.45, 2.75) is 6.92 Å². The molecule has 7 heteroatoms. The minimum Gasteiger partial charge on any atom is -0.422 e. The molecule has 1 aromatic heterocycles. The number of para-hydroxylation sites is 1. The summed E-state index contributed by atoms with van der Waals surface area (Å²) in [6.45, 7) is 4.09. The maximum atomic E-state index is 12.6. The maximum Gasteiger partial charge on any atom is 0.349 e. The van der Waals surface area contributed by atoms with Crippen LogP contribution in [-0.2, 0) is 0 Å². The van der Waals surface area contributed by atoms with Crippen molar-refractivity contribution >= 4 is 22.9 Å². The smallest absolute Gasteiger partial charge is 0.349 e. The summed E-state index contributed by atoms with van der Waals surface area (Å²) in [6.07, 6.45) is 0. The maximum absolute atomic E-state index is 12.6. The Bertz CT molecular complexity index is 822. The number of fused-ring (bicyclic) bond motifs is 1. The average Bonchev–Trinajstić information content (AvgIpc) is 2.61. The topological polar surface area (TPSA) is 82.9 Å². The van der Waals surface area contributed by atoms with Gasteiger partial charge in [0, 0.05) is 38.1 Å². The second-order valence-electron chi connectivity index (χ2n) is 5.60. The second kappa shape index (κ2) is 6.74. The number of nitrogens with one attached hydrogen (secondary N) is 1. The lowest BCUT2D eigenvalue weighted by Gasteiger charge is -2.34. The first-order valence-electron chi connectivity index (χ1n) is 7.95. The highest BCUT2D eigenvalue weighted by atomic mass is 16.4. The molecule has 0 saturated carbocycles. The lowest BCUT2D eigenvalue weighted by molar-refractivity contribution is 0.0661. The molecule has 1 fully saturated rings. The van der Waals surface area contributed by atoms with E-state index in [0.717, 1.165) is 0 Å². The van der Waals surface area contributed by atoms with Crippen molar-refractivity contribution in [3.05, 3.63) is 46.3 Å². The van der Waals surface area contributed by atoms with E-state index in [1.807, 2.05) is 13.0 Å². The molecule has 0 spiro atoms. The van der Waals surface area contributed by atoms with Crippen LogP contribution in [0.15, 0.2) is 39.5 Å². The van der Waals surface area contributed by atoms with Crippen LogP contribution in [0.25, 0.3) is 11.0 Å². The van der Waals surface area contributed by atoms with Crippen LogP contribution in [-0.4, -0.2) is 54.5 Å². The van der Waals surface area contributed by atoms with Gasteiger partial charge >= 0.3 is 11.7 Å². The van der Waals surface area contributed by atoms with Crippen LogP contribution >= 0.6 is 0 Å². The molecule has 2 heterocycles. The number of hydrogen-bond acceptors (Lipinski definition) is 4. The van der Waals surface area contributed by atoms with Gasteiger partial charge in [0.1, 0.15) is 11.1 Å². The molecule has 1 aromatic carbocycles. The Balaban J connectivity index is 1.75. The first-order chi connectivity index (χ1) is 11.6. The Morgan fingerprint density at radius 2 is 1.79 bits per heavy atom. The lowest BCUT2D eigenvalue weighted by Crippen LogP contribution is -2.53. The number of nitrogens with zero attached hydrogens (tertiary/aromatic N) is 2. The van der Waals surface area contributed by atoms with Crippen molar-refractivity contribution in [3.8, 4) is 0 Å². The Morgan fingerprint density at radius 1 is 1.12 bits per heavy atom. The highest BCUT2D eigenvalue weighted by Crippen LogP contribution is 2.14. The van der Waals surface area contributed by atoms with Gasteiger partial charge in [-0.15, -0.1) is 0 Å². The second-order valence-corrected chi connectivity index (χ2v) is 5.60. The number of benzene rings is 1. The van der Waals surface area contributed by atoms with E-state index in [1.165, 1.54) is 0 Å². The van der Waals surface area contributed by atoms with Crippen LogP contribution in [0.3, 0.4) is 0 Å². The van der Waals surface area contributed by atoms with Crippen LogP contribution in [0.1, 0.15) is 17.3 Å². The number of amides is 3. The summed E-state index contributed by atoms with van der Waals surface area (Å²) in [5.74, 6) is -0.356. The predicted octanol–water partition coefficient (Wildman–Crippen LogP) is 1.28. The highest BCUT2D eigenvalue weighted by molar-refractivity contribution is 5.96. The van der Waals surface area contributed by atoms with E-state index in [2.05, 4.69) is 5.32 Å². The zero-order chi connectivity index (χ0) is 17.1. The fourth-order valence-corrected chi connectivity index (χ4v) is 2.76. The van der Waals surface area contributed by atoms with Crippen molar-refractivity contribution in [1.82, 2.24) is 15.1 Å². The van der Waals surface area contributed by atoms with Gasteiger partial charge in [-0.25, -0.2) is 9.59 Å². The van der Waals surface area contributed by atoms with Gasteiger partial charge in [0.25, 0.3) is 5.91 Å². The van der Waals surface area contributed by atoms with E-state index < -0.39 is 5.63 Å². The van der Waals surface area contributed by atoms with Gasteiger partial charge in [0.05, 0.1) is 0 Å². The molecule has 24 heavy (non-hydrogen) atoms. The number of piperazine rings is 1. The van der Waals surface area contributed by atoms with Crippen molar-refractivity contribution in [2.24, 2.45) is 0 Å². The monoisotopic (exact) mass is 329 g/mol. The zero-order valence-electron chi connectivity index (χ0n) is 13.4. The van der Waals surface area contributed by atoms with Gasteiger partial charge in [-0.05, 0) is 19.1 Å². The molecular weight excluding hydrogens is 310 g/mol. The van der Waals surface area contributed by atoms with E-state index in [-0.39, 0.29) is 17.5 Å². The third kappa shape index (κ3) is 3.10. The van der Waals surface area contributed by atoms with Crippen LogP contribution in [0, 0.1) is 0 Å². The number of hydrogen-bond donors (Lipinski definition) is 1. The summed E-state index contributed by atoms with van der Waals surface area (Å²) in [7, 11) is 0. The minimum absolute atomic E-state index is 0.0279. The van der Waals surface area contributed by atoms with Crippen molar-refractivity contribution in [1.29, 1.82) is 0 Å². The Hall–Kier alpha value is -2.83. The minimum atomic E-state index is -0.634. The van der Waals surface area contributed by atoms with E-state index >= 15 is 0 Å². The molecule has 0 radical (unpaired) electrons. The molecule has 0 aliphatic carbocycles. The molecule has 1 N–H and O–H groups in total. The summed E-state index contributed by atoms with van der Waals surface area (Å²) in [5.41, 5.74) is -0.148. The number of carbonyl (C=O) groups excluding carboxylic acids is 2. The molecule has 0 atom stereocenters. The van der Waals surface area contributed by atoms with Crippen LogP contribution < -0.4 is 10.9 Å². The molecular formula is C17H19N3O4. The van der Waals surface area contributed by atoms with E-state index in [0.29, 0.717) is 43.7 Å². The van der Waals surface area contributed by atoms with E-state index in [4.69, 9.17) is 4.42 Å². The van der Waals surface area contributed by atoms with E-state index in [1.54, 1.807) is 34.1 Å². The molecule has 0 bridgehead atoms. The molecule has 1 saturated heterocycles. The average molecular weight is 329 g/mol. The largest absolute Gasteiger partial charge is 0.422 e. The molecule has 1 aliphatic rings. The highest BCUT2D eigenvalue weighted by Gasteiger charge is 2.26. The molecule has 0 unspecified atom stereocenters. The van der Waals surface area contributed by atoms with Crippen molar-refractivity contribution < 1.29 is 14.0 Å². The molecule has 7 nitrogen and oxygen atoms in total. The number of urea groups is 1. The third-order valence-corrected chi connectivity index (χ3v) is 4.05. The first-order valence-corrected chi connectivity index (χ1v) is 7.95.